The number of rotatable bonds is 1. The molecule has 0 saturated heterocycles. The minimum absolute atomic E-state index is 0.0486. The van der Waals surface area contributed by atoms with Gasteiger partial charge in [0.1, 0.15) is 17.2 Å². The summed E-state index contributed by atoms with van der Waals surface area (Å²) < 4.78 is 10.3. The third kappa shape index (κ3) is 1.55. The van der Waals surface area contributed by atoms with Crippen molar-refractivity contribution in [1.29, 1.82) is 0 Å². The number of phenolic OH excluding ortho intramolecular Hbond substituents is 1. The van der Waals surface area contributed by atoms with Crippen molar-refractivity contribution in [3.63, 3.8) is 0 Å². The monoisotopic (exact) mass is 260 g/mol. The number of fused-ring (bicyclic) bond motifs is 3. The van der Waals surface area contributed by atoms with Crippen LogP contribution in [0.15, 0.2) is 18.2 Å². The molecule has 2 N–H and O–H groups in total. The lowest BCUT2D eigenvalue weighted by Crippen LogP contribution is -2.18. The molecule has 2 aromatic rings. The smallest absolute Gasteiger partial charge is 0.262 e. The molecule has 0 fully saturated rings. The second-order valence-corrected chi connectivity index (χ2v) is 4.48. The van der Waals surface area contributed by atoms with Crippen LogP contribution in [-0.4, -0.2) is 29.4 Å². The van der Waals surface area contributed by atoms with Crippen molar-refractivity contribution in [2.75, 3.05) is 7.11 Å². The highest BCUT2D eigenvalue weighted by atomic mass is 16.6. The fourth-order valence-electron chi connectivity index (χ4n) is 2.42. The van der Waals surface area contributed by atoms with Crippen LogP contribution in [0.1, 0.15) is 15.9 Å². The van der Waals surface area contributed by atoms with E-state index in [1.54, 1.807) is 19.1 Å². The van der Waals surface area contributed by atoms with Gasteiger partial charge >= 0.3 is 0 Å². The van der Waals surface area contributed by atoms with Crippen molar-refractivity contribution in [3.05, 3.63) is 29.3 Å². The van der Waals surface area contributed by atoms with E-state index in [1.807, 2.05) is 0 Å². The van der Waals surface area contributed by atoms with Crippen LogP contribution in [0.25, 0.3) is 10.8 Å². The third-order valence-corrected chi connectivity index (χ3v) is 3.28. The Hall–Kier alpha value is -2.27. The van der Waals surface area contributed by atoms with E-state index in [2.05, 4.69) is 0 Å². The number of aromatic hydroxyl groups is 1. The largest absolute Gasteiger partial charge is 0.507 e. The van der Waals surface area contributed by atoms with Crippen LogP contribution in [0.5, 0.6) is 17.2 Å². The Morgan fingerprint density at radius 2 is 2.05 bits per heavy atom. The Balaban J connectivity index is 2.41. The van der Waals surface area contributed by atoms with Crippen molar-refractivity contribution in [2.24, 2.45) is 0 Å². The average molecular weight is 260 g/mol. The van der Waals surface area contributed by atoms with E-state index >= 15 is 0 Å². The first-order chi connectivity index (χ1) is 9.02. The molecule has 0 spiro atoms. The second kappa shape index (κ2) is 3.86. The van der Waals surface area contributed by atoms with Crippen LogP contribution in [0, 0.1) is 6.92 Å². The van der Waals surface area contributed by atoms with Gasteiger partial charge in [0.25, 0.3) is 6.29 Å². The highest BCUT2D eigenvalue weighted by Crippen LogP contribution is 2.43. The van der Waals surface area contributed by atoms with E-state index in [1.165, 1.54) is 13.2 Å². The van der Waals surface area contributed by atoms with Gasteiger partial charge in [-0.1, -0.05) is 6.07 Å². The van der Waals surface area contributed by atoms with Crippen LogP contribution in [0.3, 0.4) is 0 Å². The van der Waals surface area contributed by atoms with E-state index in [9.17, 15) is 15.0 Å². The molecule has 1 aliphatic heterocycles. The summed E-state index contributed by atoms with van der Waals surface area (Å²) in [5.74, 6) is 0.207. The fourth-order valence-corrected chi connectivity index (χ4v) is 2.42. The molecule has 0 unspecified atom stereocenters. The van der Waals surface area contributed by atoms with Crippen molar-refractivity contribution < 1.29 is 24.5 Å². The average Bonchev–Trinajstić information content (AvgIpc) is 2.65. The zero-order chi connectivity index (χ0) is 13.7. The number of aliphatic hydroxyl groups is 1. The first kappa shape index (κ1) is 11.8. The molecule has 0 bridgehead atoms. The Bertz CT molecular complexity index is 705. The van der Waals surface area contributed by atoms with Crippen molar-refractivity contribution in [2.45, 2.75) is 13.2 Å². The van der Waals surface area contributed by atoms with Gasteiger partial charge in [-0.05, 0) is 23.9 Å². The van der Waals surface area contributed by atoms with Gasteiger partial charge < -0.3 is 19.7 Å². The first-order valence-electron chi connectivity index (χ1n) is 5.76. The Morgan fingerprint density at radius 1 is 1.32 bits per heavy atom. The summed E-state index contributed by atoms with van der Waals surface area (Å²) in [5.41, 5.74) is 1.01. The molecule has 3 rings (SSSR count). The number of Topliss-reactive ketones (excluding diaryl/α,β-unsaturated/α-hetero) is 1. The molecule has 98 valence electrons. The maximum absolute atomic E-state index is 11.8. The molecule has 0 aliphatic carbocycles. The number of aliphatic hydroxyl groups excluding tert-OH is 1. The highest BCUT2D eigenvalue weighted by molar-refractivity contribution is 6.11. The topological polar surface area (TPSA) is 76.0 Å². The van der Waals surface area contributed by atoms with Gasteiger partial charge in [0.15, 0.2) is 0 Å². The molecule has 1 heterocycles. The van der Waals surface area contributed by atoms with E-state index in [-0.39, 0.29) is 11.5 Å². The summed E-state index contributed by atoms with van der Waals surface area (Å²) in [5, 5.41) is 20.7. The molecular formula is C14H12O5. The number of hydrogen-bond donors (Lipinski definition) is 2. The molecule has 5 heteroatoms. The lowest BCUT2D eigenvalue weighted by Gasteiger charge is -2.10. The zero-order valence-corrected chi connectivity index (χ0v) is 10.4. The summed E-state index contributed by atoms with van der Waals surface area (Å²) in [4.78, 5) is 11.8. The van der Waals surface area contributed by atoms with Gasteiger partial charge in [-0.25, -0.2) is 0 Å². The maximum atomic E-state index is 11.8. The number of methoxy groups -OCH3 is 1. The maximum Gasteiger partial charge on any atom is 0.262 e. The highest BCUT2D eigenvalue weighted by Gasteiger charge is 2.34. The molecule has 2 aromatic carbocycles. The van der Waals surface area contributed by atoms with Gasteiger partial charge in [-0.15, -0.1) is 0 Å². The van der Waals surface area contributed by atoms with Crippen molar-refractivity contribution >= 4 is 16.6 Å². The molecule has 1 atom stereocenters. The Morgan fingerprint density at radius 3 is 2.74 bits per heavy atom. The molecule has 5 nitrogen and oxygen atoms in total. The number of aryl methyl sites for hydroxylation is 1. The van der Waals surface area contributed by atoms with Gasteiger partial charge in [-0.3, -0.25) is 4.79 Å². The van der Waals surface area contributed by atoms with Crippen molar-refractivity contribution in [3.8, 4) is 17.2 Å². The summed E-state index contributed by atoms with van der Waals surface area (Å²) in [6.07, 6.45) is -1.50. The van der Waals surface area contributed by atoms with Crippen LogP contribution in [0.4, 0.5) is 0 Å². The predicted molar refractivity (Wildman–Crippen MR) is 67.9 cm³/mol. The molecular weight excluding hydrogens is 248 g/mol. The first-order valence-corrected chi connectivity index (χ1v) is 5.76. The van der Waals surface area contributed by atoms with Gasteiger partial charge in [0.2, 0.25) is 5.78 Å². The SMILES string of the molecule is COc1cc(O)c2c3c(c(C)cc2c1)C(=O)[C@@H](O)O3. The van der Waals surface area contributed by atoms with Gasteiger partial charge in [0, 0.05) is 6.07 Å². The van der Waals surface area contributed by atoms with Crippen LogP contribution in [0.2, 0.25) is 0 Å². The van der Waals surface area contributed by atoms with Crippen molar-refractivity contribution in [1.82, 2.24) is 0 Å². The summed E-state index contributed by atoms with van der Waals surface area (Å²) in [6.45, 7) is 1.76. The number of carbonyl (C=O) groups excluding carboxylic acids is 1. The second-order valence-electron chi connectivity index (χ2n) is 4.48. The number of carbonyl (C=O) groups is 1. The third-order valence-electron chi connectivity index (χ3n) is 3.28. The quantitative estimate of drug-likeness (QED) is 0.817. The number of ether oxygens (including phenoxy) is 2. The van der Waals surface area contributed by atoms with Crippen LogP contribution < -0.4 is 9.47 Å². The van der Waals surface area contributed by atoms with E-state index < -0.39 is 12.1 Å². The van der Waals surface area contributed by atoms with Gasteiger partial charge in [0.05, 0.1) is 18.1 Å². The molecule has 0 amide bonds. The Labute approximate surface area is 109 Å². The summed E-state index contributed by atoms with van der Waals surface area (Å²) in [6, 6.07) is 4.94. The van der Waals surface area contributed by atoms with Crippen LogP contribution >= 0.6 is 0 Å². The molecule has 19 heavy (non-hydrogen) atoms. The lowest BCUT2D eigenvalue weighted by molar-refractivity contribution is 0.00926. The van der Waals surface area contributed by atoms with Crippen LogP contribution in [-0.2, 0) is 0 Å². The number of phenols is 1. The normalized spacial score (nSPS) is 17.4. The van der Waals surface area contributed by atoms with Gasteiger partial charge in [-0.2, -0.15) is 0 Å². The number of ketones is 1. The zero-order valence-electron chi connectivity index (χ0n) is 10.4. The van der Waals surface area contributed by atoms with E-state index in [4.69, 9.17) is 9.47 Å². The molecule has 0 radical (unpaired) electrons. The summed E-state index contributed by atoms with van der Waals surface area (Å²) >= 11 is 0. The Kier molecular flexibility index (Phi) is 2.40. The standard InChI is InChI=1S/C14H12O5/c1-6-3-7-4-8(18-2)5-9(15)11(7)13-10(6)12(16)14(17)19-13/h3-5,14-15,17H,1-2H3/t14-/m0/s1. The fraction of sp³-hybridized carbons (Fsp3) is 0.214. The lowest BCUT2D eigenvalue weighted by atomic mass is 9.98. The molecule has 1 aliphatic rings. The molecule has 0 aromatic heterocycles. The predicted octanol–water partition coefficient (Wildman–Crippen LogP) is 1.76. The minimum atomic E-state index is -1.50. The van der Waals surface area contributed by atoms with E-state index in [0.29, 0.717) is 27.6 Å². The van der Waals surface area contributed by atoms with E-state index in [0.717, 1.165) is 0 Å². The molecule has 0 saturated carbocycles. The number of benzene rings is 2. The minimum Gasteiger partial charge on any atom is -0.507 e. The number of hydrogen-bond acceptors (Lipinski definition) is 5. The summed E-state index contributed by atoms with van der Waals surface area (Å²) in [7, 11) is 1.50.